The van der Waals surface area contributed by atoms with Crippen molar-refractivity contribution in [2.75, 3.05) is 18.0 Å². The van der Waals surface area contributed by atoms with Crippen LogP contribution in [-0.2, 0) is 4.79 Å². The molecule has 0 aromatic heterocycles. The van der Waals surface area contributed by atoms with Crippen LogP contribution in [0.1, 0.15) is 25.3 Å². The predicted octanol–water partition coefficient (Wildman–Crippen LogP) is 2.47. The maximum atomic E-state index is 13.3. The van der Waals surface area contributed by atoms with Gasteiger partial charge < -0.3 is 10.0 Å². The van der Waals surface area contributed by atoms with Crippen molar-refractivity contribution >= 4 is 11.7 Å². The van der Waals surface area contributed by atoms with Crippen LogP contribution in [0.4, 0.5) is 10.1 Å². The van der Waals surface area contributed by atoms with Gasteiger partial charge in [0.05, 0.1) is 5.92 Å². The molecule has 0 spiro atoms. The molecule has 0 amide bonds. The molecule has 2 unspecified atom stereocenters. The smallest absolute Gasteiger partial charge is 0.306 e. The van der Waals surface area contributed by atoms with Crippen LogP contribution in [0.25, 0.3) is 0 Å². The summed E-state index contributed by atoms with van der Waals surface area (Å²) in [6.45, 7) is 5.16. The molecule has 1 aromatic rings. The third-order valence-corrected chi connectivity index (χ3v) is 3.52. The third kappa shape index (κ3) is 1.99. The lowest BCUT2D eigenvalue weighted by atomic mass is 9.89. The van der Waals surface area contributed by atoms with E-state index in [1.54, 1.807) is 13.0 Å². The second-order valence-corrected chi connectivity index (χ2v) is 4.48. The van der Waals surface area contributed by atoms with E-state index in [9.17, 15) is 9.18 Å². The summed E-state index contributed by atoms with van der Waals surface area (Å²) >= 11 is 0. The van der Waals surface area contributed by atoms with Gasteiger partial charge in [0.2, 0.25) is 0 Å². The number of benzene rings is 1. The zero-order valence-corrected chi connectivity index (χ0v) is 9.98. The van der Waals surface area contributed by atoms with Crippen LogP contribution >= 0.6 is 0 Å². The van der Waals surface area contributed by atoms with Crippen molar-refractivity contribution in [3.63, 3.8) is 0 Å². The van der Waals surface area contributed by atoms with E-state index in [2.05, 4.69) is 4.90 Å². The van der Waals surface area contributed by atoms with E-state index in [4.69, 9.17) is 5.11 Å². The van der Waals surface area contributed by atoms with Gasteiger partial charge in [-0.15, -0.1) is 0 Å². The van der Waals surface area contributed by atoms with Gasteiger partial charge >= 0.3 is 5.97 Å². The number of likely N-dealkylation sites (N-methyl/N-ethyl adjacent to an activating group) is 1. The molecular formula is C13H16FNO2. The summed E-state index contributed by atoms with van der Waals surface area (Å²) in [5.74, 6) is -1.75. The average molecular weight is 237 g/mol. The summed E-state index contributed by atoms with van der Waals surface area (Å²) in [5, 5.41) is 9.08. The normalized spacial score (nSPS) is 20.2. The number of fused-ring (bicyclic) bond motifs is 1. The van der Waals surface area contributed by atoms with Crippen LogP contribution in [0, 0.1) is 11.7 Å². The van der Waals surface area contributed by atoms with Crippen molar-refractivity contribution < 1.29 is 14.3 Å². The van der Waals surface area contributed by atoms with Crippen LogP contribution in [0.15, 0.2) is 18.2 Å². The van der Waals surface area contributed by atoms with Crippen molar-refractivity contribution in [3.05, 3.63) is 29.6 Å². The van der Waals surface area contributed by atoms with Gasteiger partial charge in [-0.3, -0.25) is 4.79 Å². The average Bonchev–Trinajstić information content (AvgIpc) is 2.65. The van der Waals surface area contributed by atoms with Crippen molar-refractivity contribution in [2.45, 2.75) is 19.8 Å². The minimum Gasteiger partial charge on any atom is -0.481 e. The first-order valence-electron chi connectivity index (χ1n) is 5.81. The lowest BCUT2D eigenvalue weighted by Gasteiger charge is -2.18. The van der Waals surface area contributed by atoms with E-state index < -0.39 is 11.9 Å². The molecule has 1 aliphatic rings. The van der Waals surface area contributed by atoms with Crippen molar-refractivity contribution in [3.8, 4) is 0 Å². The Labute approximate surface area is 99.9 Å². The molecule has 1 aromatic carbocycles. The maximum Gasteiger partial charge on any atom is 0.306 e. The van der Waals surface area contributed by atoms with Crippen LogP contribution < -0.4 is 4.90 Å². The fraction of sp³-hybridized carbons (Fsp3) is 0.462. The van der Waals surface area contributed by atoms with Crippen molar-refractivity contribution in [1.29, 1.82) is 0 Å². The van der Waals surface area contributed by atoms with Gasteiger partial charge in [-0.05, 0) is 30.7 Å². The molecule has 0 bridgehead atoms. The predicted molar refractivity (Wildman–Crippen MR) is 63.8 cm³/mol. The van der Waals surface area contributed by atoms with E-state index in [0.29, 0.717) is 6.54 Å². The summed E-state index contributed by atoms with van der Waals surface area (Å²) in [4.78, 5) is 13.2. The molecule has 0 saturated carbocycles. The van der Waals surface area contributed by atoms with Crippen LogP contribution in [0.3, 0.4) is 0 Å². The molecule has 3 nitrogen and oxygen atoms in total. The van der Waals surface area contributed by atoms with E-state index >= 15 is 0 Å². The number of carbonyl (C=O) groups is 1. The van der Waals surface area contributed by atoms with E-state index in [1.807, 2.05) is 6.92 Å². The molecular weight excluding hydrogens is 221 g/mol. The fourth-order valence-corrected chi connectivity index (χ4v) is 2.44. The first kappa shape index (κ1) is 11.9. The minimum absolute atomic E-state index is 0.127. The number of nitrogens with zero attached hydrogens (tertiary/aromatic N) is 1. The van der Waals surface area contributed by atoms with Crippen LogP contribution in [-0.4, -0.2) is 24.2 Å². The number of hydrogen-bond acceptors (Lipinski definition) is 2. The Morgan fingerprint density at radius 2 is 2.35 bits per heavy atom. The number of rotatable bonds is 3. The van der Waals surface area contributed by atoms with Crippen molar-refractivity contribution in [2.24, 2.45) is 5.92 Å². The summed E-state index contributed by atoms with van der Waals surface area (Å²) in [7, 11) is 0. The first-order valence-corrected chi connectivity index (χ1v) is 5.81. The van der Waals surface area contributed by atoms with Crippen molar-refractivity contribution in [1.82, 2.24) is 0 Å². The molecule has 0 aliphatic carbocycles. The first-order chi connectivity index (χ1) is 8.04. The number of carboxylic acid groups (broad SMARTS) is 1. The van der Waals surface area contributed by atoms with E-state index in [1.165, 1.54) is 12.1 Å². The highest BCUT2D eigenvalue weighted by atomic mass is 19.1. The van der Waals surface area contributed by atoms with Gasteiger partial charge in [0.1, 0.15) is 5.82 Å². The van der Waals surface area contributed by atoms with Crippen LogP contribution in [0.5, 0.6) is 0 Å². The van der Waals surface area contributed by atoms with E-state index in [-0.39, 0.29) is 11.7 Å². The maximum absolute atomic E-state index is 13.3. The SMILES string of the molecule is CCN1CC(C(C)C(=O)O)c2cc(F)ccc21. The molecule has 1 aliphatic heterocycles. The quantitative estimate of drug-likeness (QED) is 0.878. The zero-order chi connectivity index (χ0) is 12.6. The fourth-order valence-electron chi connectivity index (χ4n) is 2.44. The summed E-state index contributed by atoms with van der Waals surface area (Å²) in [6.07, 6.45) is 0. The number of aliphatic carboxylic acids is 1. The summed E-state index contributed by atoms with van der Waals surface area (Å²) in [6, 6.07) is 4.63. The number of halogens is 1. The number of anilines is 1. The summed E-state index contributed by atoms with van der Waals surface area (Å²) < 4.78 is 13.3. The van der Waals surface area contributed by atoms with Gasteiger partial charge in [0.25, 0.3) is 0 Å². The molecule has 0 saturated heterocycles. The van der Waals surface area contributed by atoms with Gasteiger partial charge in [-0.1, -0.05) is 6.92 Å². The van der Waals surface area contributed by atoms with Gasteiger partial charge in [0.15, 0.2) is 0 Å². The van der Waals surface area contributed by atoms with E-state index in [0.717, 1.165) is 17.8 Å². The number of hydrogen-bond donors (Lipinski definition) is 1. The Hall–Kier alpha value is -1.58. The molecule has 4 heteroatoms. The molecule has 17 heavy (non-hydrogen) atoms. The standard InChI is InChI=1S/C13H16FNO2/c1-3-15-7-11(8(2)13(16)17)10-6-9(14)4-5-12(10)15/h4-6,8,11H,3,7H2,1-2H3,(H,16,17). The highest BCUT2D eigenvalue weighted by molar-refractivity contribution is 5.73. The Morgan fingerprint density at radius 3 is 2.94 bits per heavy atom. The lowest BCUT2D eigenvalue weighted by Crippen LogP contribution is -2.26. The Morgan fingerprint density at radius 1 is 1.65 bits per heavy atom. The third-order valence-electron chi connectivity index (χ3n) is 3.52. The Bertz CT molecular complexity index is 447. The highest BCUT2D eigenvalue weighted by Gasteiger charge is 2.34. The highest BCUT2D eigenvalue weighted by Crippen LogP contribution is 2.40. The Kier molecular flexibility index (Phi) is 3.05. The monoisotopic (exact) mass is 237 g/mol. The van der Waals surface area contributed by atoms with Gasteiger partial charge in [-0.2, -0.15) is 0 Å². The van der Waals surface area contributed by atoms with Crippen LogP contribution in [0.2, 0.25) is 0 Å². The molecule has 2 atom stereocenters. The lowest BCUT2D eigenvalue weighted by molar-refractivity contribution is -0.141. The molecule has 0 radical (unpaired) electrons. The largest absolute Gasteiger partial charge is 0.481 e. The molecule has 2 rings (SSSR count). The second-order valence-electron chi connectivity index (χ2n) is 4.48. The second kappa shape index (κ2) is 4.35. The molecule has 1 heterocycles. The van der Waals surface area contributed by atoms with Gasteiger partial charge in [-0.25, -0.2) is 4.39 Å². The topological polar surface area (TPSA) is 40.5 Å². The zero-order valence-electron chi connectivity index (χ0n) is 9.98. The molecule has 92 valence electrons. The molecule has 1 N–H and O–H groups in total. The summed E-state index contributed by atoms with van der Waals surface area (Å²) in [5.41, 5.74) is 1.79. The minimum atomic E-state index is -0.830. The molecule has 0 fully saturated rings. The van der Waals surface area contributed by atoms with Gasteiger partial charge in [0, 0.05) is 24.7 Å². The Balaban J connectivity index is 2.41. The number of carboxylic acids is 1.